The number of carbonyl (C=O) groups excluding carboxylic acids is 1. The molecule has 1 aromatic carbocycles. The van der Waals surface area contributed by atoms with Crippen LogP contribution >= 0.6 is 0 Å². The maximum atomic E-state index is 12.4. The van der Waals surface area contributed by atoms with Crippen molar-refractivity contribution in [3.63, 3.8) is 0 Å². The summed E-state index contributed by atoms with van der Waals surface area (Å²) >= 11 is 0. The highest BCUT2D eigenvalue weighted by Crippen LogP contribution is 2.23. The van der Waals surface area contributed by atoms with Crippen molar-refractivity contribution in [2.45, 2.75) is 52.6 Å². The van der Waals surface area contributed by atoms with Crippen molar-refractivity contribution in [1.82, 2.24) is 10.1 Å². The maximum absolute atomic E-state index is 12.4. The molecule has 1 atom stereocenters. The number of benzene rings is 1. The van der Waals surface area contributed by atoms with Crippen LogP contribution in [0.3, 0.4) is 0 Å². The molecule has 0 spiro atoms. The number of aryl methyl sites for hydroxylation is 1. The SMILES string of the molecule is Cc1cc(CN(C)C(C)C(=O)Nc2ccc(C(C)(C)C)cc2)no1. The van der Waals surface area contributed by atoms with E-state index in [4.69, 9.17) is 4.52 Å². The Hall–Kier alpha value is -2.14. The zero-order chi connectivity index (χ0) is 17.9. The van der Waals surface area contributed by atoms with E-state index in [1.807, 2.05) is 44.0 Å². The highest BCUT2D eigenvalue weighted by molar-refractivity contribution is 5.94. The van der Waals surface area contributed by atoms with Crippen molar-refractivity contribution in [2.75, 3.05) is 12.4 Å². The molecule has 0 bridgehead atoms. The minimum Gasteiger partial charge on any atom is -0.361 e. The summed E-state index contributed by atoms with van der Waals surface area (Å²) < 4.78 is 5.06. The molecule has 1 aromatic heterocycles. The fourth-order valence-electron chi connectivity index (χ4n) is 2.39. The lowest BCUT2D eigenvalue weighted by Crippen LogP contribution is -2.39. The zero-order valence-electron chi connectivity index (χ0n) is 15.4. The Kier molecular flexibility index (Phi) is 5.44. The van der Waals surface area contributed by atoms with Gasteiger partial charge in [-0.3, -0.25) is 9.69 Å². The zero-order valence-corrected chi connectivity index (χ0v) is 15.4. The normalized spacial score (nSPS) is 13.1. The monoisotopic (exact) mass is 329 g/mol. The molecule has 0 aliphatic carbocycles. The van der Waals surface area contributed by atoms with E-state index in [0.29, 0.717) is 6.54 Å². The minimum absolute atomic E-state index is 0.0405. The molecule has 24 heavy (non-hydrogen) atoms. The Morgan fingerprint density at radius 2 is 1.92 bits per heavy atom. The van der Waals surface area contributed by atoms with Crippen molar-refractivity contribution in [2.24, 2.45) is 0 Å². The average Bonchev–Trinajstić information content (AvgIpc) is 2.91. The van der Waals surface area contributed by atoms with Crippen LogP contribution in [0.1, 0.15) is 44.7 Å². The molecule has 0 saturated carbocycles. The Bertz CT molecular complexity index is 683. The topological polar surface area (TPSA) is 58.4 Å². The van der Waals surface area contributed by atoms with Gasteiger partial charge in [-0.25, -0.2) is 0 Å². The molecule has 1 amide bonds. The molecule has 0 fully saturated rings. The lowest BCUT2D eigenvalue weighted by Gasteiger charge is -2.23. The van der Waals surface area contributed by atoms with Gasteiger partial charge in [0, 0.05) is 18.3 Å². The number of aromatic nitrogens is 1. The van der Waals surface area contributed by atoms with Crippen LogP contribution in [-0.2, 0) is 16.8 Å². The van der Waals surface area contributed by atoms with Gasteiger partial charge in [0.05, 0.1) is 11.7 Å². The summed E-state index contributed by atoms with van der Waals surface area (Å²) in [6.07, 6.45) is 0. The van der Waals surface area contributed by atoms with Gasteiger partial charge in [-0.05, 0) is 44.0 Å². The first-order chi connectivity index (χ1) is 11.2. The lowest BCUT2D eigenvalue weighted by atomic mass is 9.87. The van der Waals surface area contributed by atoms with Gasteiger partial charge >= 0.3 is 0 Å². The second kappa shape index (κ2) is 7.18. The van der Waals surface area contributed by atoms with Crippen LogP contribution in [0, 0.1) is 6.92 Å². The maximum Gasteiger partial charge on any atom is 0.241 e. The highest BCUT2D eigenvalue weighted by atomic mass is 16.5. The van der Waals surface area contributed by atoms with Gasteiger partial charge < -0.3 is 9.84 Å². The molecular weight excluding hydrogens is 302 g/mol. The third-order valence-electron chi connectivity index (χ3n) is 4.15. The third-order valence-corrected chi connectivity index (χ3v) is 4.15. The Morgan fingerprint density at radius 3 is 2.42 bits per heavy atom. The van der Waals surface area contributed by atoms with Gasteiger partial charge in [0.15, 0.2) is 0 Å². The number of hydrogen-bond acceptors (Lipinski definition) is 4. The van der Waals surface area contributed by atoms with E-state index in [9.17, 15) is 4.79 Å². The molecule has 0 aliphatic heterocycles. The van der Waals surface area contributed by atoms with Gasteiger partial charge in [0.25, 0.3) is 0 Å². The van der Waals surface area contributed by atoms with Crippen LogP contribution in [0.4, 0.5) is 5.69 Å². The van der Waals surface area contributed by atoms with Crippen molar-refractivity contribution in [3.8, 4) is 0 Å². The van der Waals surface area contributed by atoms with Crippen LogP contribution in [0.15, 0.2) is 34.9 Å². The van der Waals surface area contributed by atoms with Crippen molar-refractivity contribution >= 4 is 11.6 Å². The molecule has 130 valence electrons. The fourth-order valence-corrected chi connectivity index (χ4v) is 2.39. The average molecular weight is 329 g/mol. The molecule has 1 N–H and O–H groups in total. The van der Waals surface area contributed by atoms with Gasteiger partial charge in [-0.2, -0.15) is 0 Å². The predicted octanol–water partition coefficient (Wildman–Crippen LogP) is 3.74. The number of hydrogen-bond donors (Lipinski definition) is 1. The Morgan fingerprint density at radius 1 is 1.29 bits per heavy atom. The van der Waals surface area contributed by atoms with E-state index in [-0.39, 0.29) is 17.4 Å². The molecule has 5 heteroatoms. The van der Waals surface area contributed by atoms with Gasteiger partial charge in [-0.15, -0.1) is 0 Å². The quantitative estimate of drug-likeness (QED) is 0.908. The second-order valence-corrected chi connectivity index (χ2v) is 7.34. The number of anilines is 1. The summed E-state index contributed by atoms with van der Waals surface area (Å²) in [5.74, 6) is 0.732. The molecule has 1 unspecified atom stereocenters. The number of rotatable bonds is 5. The number of likely N-dealkylation sites (N-methyl/N-ethyl adjacent to an activating group) is 1. The number of nitrogens with zero attached hydrogens (tertiary/aromatic N) is 2. The molecular formula is C19H27N3O2. The molecule has 0 aliphatic rings. The summed E-state index contributed by atoms with van der Waals surface area (Å²) in [5.41, 5.74) is 2.98. The van der Waals surface area contributed by atoms with E-state index < -0.39 is 0 Å². The van der Waals surface area contributed by atoms with Crippen molar-refractivity contribution in [1.29, 1.82) is 0 Å². The van der Waals surface area contributed by atoms with Crippen LogP contribution in [-0.4, -0.2) is 29.1 Å². The van der Waals surface area contributed by atoms with Crippen molar-refractivity contribution < 1.29 is 9.32 Å². The largest absolute Gasteiger partial charge is 0.361 e. The lowest BCUT2D eigenvalue weighted by molar-refractivity contribution is -0.120. The van der Waals surface area contributed by atoms with E-state index in [0.717, 1.165) is 17.1 Å². The van der Waals surface area contributed by atoms with E-state index in [1.54, 1.807) is 0 Å². The van der Waals surface area contributed by atoms with Gasteiger partial charge in [0.2, 0.25) is 5.91 Å². The molecule has 2 aromatic rings. The Balaban J connectivity index is 1.95. The molecule has 2 rings (SSSR count). The number of nitrogens with one attached hydrogen (secondary N) is 1. The smallest absolute Gasteiger partial charge is 0.241 e. The predicted molar refractivity (Wildman–Crippen MR) is 95.9 cm³/mol. The van der Waals surface area contributed by atoms with Crippen LogP contribution in [0.25, 0.3) is 0 Å². The first kappa shape index (κ1) is 18.2. The standard InChI is InChI=1S/C19H27N3O2/c1-13-11-17(21-24-13)12-22(6)14(2)18(23)20-16-9-7-15(8-10-16)19(3,4)5/h7-11,14H,12H2,1-6H3,(H,20,23). The third kappa shape index (κ3) is 4.68. The summed E-state index contributed by atoms with van der Waals surface area (Å²) in [5, 5.41) is 6.93. The summed E-state index contributed by atoms with van der Waals surface area (Å²) in [6.45, 7) is 10.8. The first-order valence-corrected chi connectivity index (χ1v) is 8.20. The van der Waals surface area contributed by atoms with Crippen LogP contribution < -0.4 is 5.32 Å². The highest BCUT2D eigenvalue weighted by Gasteiger charge is 2.20. The number of amides is 1. The molecule has 5 nitrogen and oxygen atoms in total. The molecule has 0 radical (unpaired) electrons. The van der Waals surface area contributed by atoms with Crippen LogP contribution in [0.5, 0.6) is 0 Å². The summed E-state index contributed by atoms with van der Waals surface area (Å²) in [7, 11) is 1.90. The molecule has 1 heterocycles. The van der Waals surface area contributed by atoms with Gasteiger partial charge in [0.1, 0.15) is 5.76 Å². The molecule has 0 saturated heterocycles. The van der Waals surface area contributed by atoms with E-state index in [1.165, 1.54) is 5.56 Å². The fraction of sp³-hybridized carbons (Fsp3) is 0.474. The van der Waals surface area contributed by atoms with E-state index in [2.05, 4.69) is 43.4 Å². The van der Waals surface area contributed by atoms with Gasteiger partial charge in [-0.1, -0.05) is 38.1 Å². The van der Waals surface area contributed by atoms with Crippen molar-refractivity contribution in [3.05, 3.63) is 47.3 Å². The van der Waals surface area contributed by atoms with Crippen LogP contribution in [0.2, 0.25) is 0 Å². The van der Waals surface area contributed by atoms with E-state index >= 15 is 0 Å². The minimum atomic E-state index is -0.274. The first-order valence-electron chi connectivity index (χ1n) is 8.20. The number of carbonyl (C=O) groups is 1. The summed E-state index contributed by atoms with van der Waals surface area (Å²) in [4.78, 5) is 14.4. The second-order valence-electron chi connectivity index (χ2n) is 7.34. The summed E-state index contributed by atoms with van der Waals surface area (Å²) in [6, 6.07) is 9.62. The Labute approximate surface area is 144 Å².